The second-order valence-corrected chi connectivity index (χ2v) is 5.94. The van der Waals surface area contributed by atoms with Crippen LogP contribution < -0.4 is 5.32 Å². The van der Waals surface area contributed by atoms with Gasteiger partial charge in [-0.2, -0.15) is 11.8 Å². The highest BCUT2D eigenvalue weighted by Gasteiger charge is 2.08. The normalized spacial score (nSPS) is 10.9. The number of aromatic nitrogens is 1. The minimum absolute atomic E-state index is 0.982. The van der Waals surface area contributed by atoms with E-state index in [1.54, 1.807) is 0 Å². The largest absolute Gasteiger partial charge is 0.312 e. The van der Waals surface area contributed by atoms with Crippen molar-refractivity contribution in [3.05, 3.63) is 15.6 Å². The van der Waals surface area contributed by atoms with Crippen LogP contribution >= 0.6 is 23.1 Å². The fourth-order valence-electron chi connectivity index (χ4n) is 1.46. The van der Waals surface area contributed by atoms with Crippen LogP contribution in [0, 0.1) is 0 Å². The molecule has 0 bridgehead atoms. The summed E-state index contributed by atoms with van der Waals surface area (Å²) in [6.07, 6.45) is 2.30. The van der Waals surface area contributed by atoms with E-state index in [1.165, 1.54) is 27.8 Å². The quantitative estimate of drug-likeness (QED) is 0.723. The predicted octanol–water partition coefficient (Wildman–Crippen LogP) is 3.46. The smallest absolute Gasteiger partial charge is 0.103 e. The van der Waals surface area contributed by atoms with Gasteiger partial charge in [-0.1, -0.05) is 20.8 Å². The van der Waals surface area contributed by atoms with Gasteiger partial charge in [0.25, 0.3) is 0 Å². The molecule has 0 aliphatic carbocycles. The average molecular weight is 258 g/mol. The summed E-state index contributed by atoms with van der Waals surface area (Å²) in [4.78, 5) is 6.14. The molecule has 0 amide bonds. The molecular weight excluding hydrogens is 236 g/mol. The molecule has 0 radical (unpaired) electrons. The van der Waals surface area contributed by atoms with Crippen LogP contribution in [0.3, 0.4) is 0 Å². The summed E-state index contributed by atoms with van der Waals surface area (Å²) in [5.74, 6) is 2.32. The zero-order valence-electron chi connectivity index (χ0n) is 10.5. The van der Waals surface area contributed by atoms with Crippen LogP contribution in [-0.4, -0.2) is 17.3 Å². The molecule has 0 unspecified atom stereocenters. The van der Waals surface area contributed by atoms with E-state index in [0.717, 1.165) is 25.3 Å². The summed E-state index contributed by atoms with van der Waals surface area (Å²) >= 11 is 3.87. The van der Waals surface area contributed by atoms with Gasteiger partial charge in [-0.3, -0.25) is 0 Å². The lowest BCUT2D eigenvalue weighted by Gasteiger charge is -1.99. The predicted molar refractivity (Wildman–Crippen MR) is 75.3 cm³/mol. The Bertz CT molecular complexity index is 297. The lowest BCUT2D eigenvalue weighted by molar-refractivity contribution is 0.727. The highest BCUT2D eigenvalue weighted by atomic mass is 32.2. The molecule has 2 nitrogen and oxygen atoms in total. The molecule has 0 fully saturated rings. The topological polar surface area (TPSA) is 24.9 Å². The van der Waals surface area contributed by atoms with E-state index < -0.39 is 0 Å². The number of nitrogens with zero attached hydrogens (tertiary/aromatic N) is 1. The summed E-state index contributed by atoms with van der Waals surface area (Å²) in [5.41, 5.74) is 1.29. The Balaban J connectivity index is 2.54. The van der Waals surface area contributed by atoms with E-state index in [1.807, 2.05) is 23.1 Å². The van der Waals surface area contributed by atoms with Gasteiger partial charge in [-0.05, 0) is 25.1 Å². The standard InChI is InChI=1S/C12H22N2S2/c1-4-7-15-9-12-14-10(5-2)11(16-12)8-13-6-3/h13H,4-9H2,1-3H3. The number of hydrogen-bond donors (Lipinski definition) is 1. The van der Waals surface area contributed by atoms with E-state index in [-0.39, 0.29) is 0 Å². The zero-order chi connectivity index (χ0) is 11.8. The van der Waals surface area contributed by atoms with Crippen molar-refractivity contribution in [1.29, 1.82) is 0 Å². The van der Waals surface area contributed by atoms with Gasteiger partial charge in [-0.25, -0.2) is 4.98 Å². The number of thioether (sulfide) groups is 1. The van der Waals surface area contributed by atoms with Crippen molar-refractivity contribution in [3.63, 3.8) is 0 Å². The molecule has 1 aromatic rings. The minimum Gasteiger partial charge on any atom is -0.312 e. The van der Waals surface area contributed by atoms with Crippen LogP contribution in [-0.2, 0) is 18.7 Å². The number of nitrogens with one attached hydrogen (secondary N) is 1. The molecule has 0 aromatic carbocycles. The first-order valence-corrected chi connectivity index (χ1v) is 8.04. The maximum atomic E-state index is 4.71. The third-order valence-corrected chi connectivity index (χ3v) is 4.72. The molecule has 0 spiro atoms. The Labute approximate surface area is 107 Å². The SMILES string of the molecule is CCCSCc1nc(CC)c(CNCC)s1. The number of aryl methyl sites for hydroxylation is 1. The molecule has 0 aliphatic rings. The van der Waals surface area contributed by atoms with Crippen molar-refractivity contribution >= 4 is 23.1 Å². The molecule has 1 N–H and O–H groups in total. The Morgan fingerprint density at radius 1 is 1.31 bits per heavy atom. The van der Waals surface area contributed by atoms with Gasteiger partial charge in [0.15, 0.2) is 0 Å². The Hall–Kier alpha value is -0.0600. The van der Waals surface area contributed by atoms with Crippen molar-refractivity contribution in [2.75, 3.05) is 12.3 Å². The van der Waals surface area contributed by atoms with Gasteiger partial charge >= 0.3 is 0 Å². The molecular formula is C12H22N2S2. The van der Waals surface area contributed by atoms with Crippen LogP contribution in [0.25, 0.3) is 0 Å². The van der Waals surface area contributed by atoms with Gasteiger partial charge in [0.2, 0.25) is 0 Å². The fourth-order valence-corrected chi connectivity index (χ4v) is 3.54. The molecule has 0 saturated heterocycles. The highest BCUT2D eigenvalue weighted by molar-refractivity contribution is 7.98. The van der Waals surface area contributed by atoms with Gasteiger partial charge in [-0.15, -0.1) is 11.3 Å². The second kappa shape index (κ2) is 8.09. The van der Waals surface area contributed by atoms with E-state index in [2.05, 4.69) is 26.1 Å². The number of rotatable bonds is 8. The summed E-state index contributed by atoms with van der Waals surface area (Å²) in [7, 11) is 0. The van der Waals surface area contributed by atoms with Crippen LogP contribution in [0.4, 0.5) is 0 Å². The monoisotopic (exact) mass is 258 g/mol. The summed E-state index contributed by atoms with van der Waals surface area (Å²) in [6.45, 7) is 8.57. The zero-order valence-corrected chi connectivity index (χ0v) is 12.1. The van der Waals surface area contributed by atoms with Gasteiger partial charge < -0.3 is 5.32 Å². The molecule has 1 heterocycles. The van der Waals surface area contributed by atoms with E-state index in [9.17, 15) is 0 Å². The van der Waals surface area contributed by atoms with Gasteiger partial charge in [0, 0.05) is 17.2 Å². The van der Waals surface area contributed by atoms with E-state index in [4.69, 9.17) is 4.98 Å². The maximum absolute atomic E-state index is 4.71. The third-order valence-electron chi connectivity index (χ3n) is 2.27. The first-order valence-electron chi connectivity index (χ1n) is 6.07. The summed E-state index contributed by atoms with van der Waals surface area (Å²) < 4.78 is 0. The highest BCUT2D eigenvalue weighted by Crippen LogP contribution is 2.23. The molecule has 1 rings (SSSR count). The molecule has 4 heteroatoms. The van der Waals surface area contributed by atoms with Crippen LogP contribution in [0.2, 0.25) is 0 Å². The van der Waals surface area contributed by atoms with Crippen molar-refractivity contribution < 1.29 is 0 Å². The second-order valence-electron chi connectivity index (χ2n) is 3.66. The first kappa shape index (κ1) is 14.0. The Morgan fingerprint density at radius 2 is 2.12 bits per heavy atom. The summed E-state index contributed by atoms with van der Waals surface area (Å²) in [5, 5.41) is 4.68. The lowest BCUT2D eigenvalue weighted by atomic mass is 10.3. The minimum atomic E-state index is 0.982. The van der Waals surface area contributed by atoms with Crippen LogP contribution in [0.5, 0.6) is 0 Å². The van der Waals surface area contributed by atoms with Crippen molar-refractivity contribution in [3.8, 4) is 0 Å². The number of hydrogen-bond acceptors (Lipinski definition) is 4. The van der Waals surface area contributed by atoms with Crippen LogP contribution in [0.15, 0.2) is 0 Å². The fraction of sp³-hybridized carbons (Fsp3) is 0.750. The van der Waals surface area contributed by atoms with E-state index >= 15 is 0 Å². The first-order chi connectivity index (χ1) is 7.81. The number of thiazole rings is 1. The maximum Gasteiger partial charge on any atom is 0.103 e. The molecule has 0 aliphatic heterocycles. The Morgan fingerprint density at radius 3 is 2.75 bits per heavy atom. The van der Waals surface area contributed by atoms with Crippen molar-refractivity contribution in [1.82, 2.24) is 10.3 Å². The third kappa shape index (κ3) is 4.44. The van der Waals surface area contributed by atoms with Gasteiger partial charge in [0.1, 0.15) is 5.01 Å². The van der Waals surface area contributed by atoms with Crippen molar-refractivity contribution in [2.45, 2.75) is 45.9 Å². The molecule has 1 aromatic heterocycles. The lowest BCUT2D eigenvalue weighted by Crippen LogP contribution is -2.11. The van der Waals surface area contributed by atoms with Crippen molar-refractivity contribution in [2.24, 2.45) is 0 Å². The van der Waals surface area contributed by atoms with Gasteiger partial charge in [0.05, 0.1) is 5.69 Å². The average Bonchev–Trinajstić information content (AvgIpc) is 2.69. The molecule has 0 saturated carbocycles. The molecule has 92 valence electrons. The summed E-state index contributed by atoms with van der Waals surface area (Å²) in [6, 6.07) is 0. The molecule has 0 atom stereocenters. The van der Waals surface area contributed by atoms with E-state index in [0.29, 0.717) is 0 Å². The van der Waals surface area contributed by atoms with Crippen LogP contribution in [0.1, 0.15) is 42.8 Å². The Kier molecular flexibility index (Phi) is 7.08. The molecule has 16 heavy (non-hydrogen) atoms.